The van der Waals surface area contributed by atoms with Crippen molar-refractivity contribution >= 4 is 16.8 Å². The highest BCUT2D eigenvalue weighted by Crippen LogP contribution is 2.32. The van der Waals surface area contributed by atoms with Crippen LogP contribution in [-0.2, 0) is 6.42 Å². The lowest BCUT2D eigenvalue weighted by Gasteiger charge is -2.21. The molecule has 2 aromatic heterocycles. The third-order valence-corrected chi connectivity index (χ3v) is 5.55. The summed E-state index contributed by atoms with van der Waals surface area (Å²) in [5, 5.41) is 0.907. The number of carbonyl (C=O) groups is 1. The molecular formula is C23H26N4O. The maximum absolute atomic E-state index is 13.4. The molecule has 144 valence electrons. The standard InChI is InChI=1S/C23H26N4O/c1-5-20-24-12-16(13-25-20)19-11-18(17-8-6-7-15(2)21(17)26-19)22(28)27-10-9-23(3,4)14-27/h6-8,11-13H,5,9-10,14H2,1-4H3. The van der Waals surface area contributed by atoms with Crippen molar-refractivity contribution in [2.45, 2.75) is 40.5 Å². The highest BCUT2D eigenvalue weighted by atomic mass is 16.2. The van der Waals surface area contributed by atoms with Gasteiger partial charge < -0.3 is 4.90 Å². The van der Waals surface area contributed by atoms with E-state index in [0.29, 0.717) is 5.56 Å². The Morgan fingerprint density at radius 1 is 1.21 bits per heavy atom. The molecule has 1 amide bonds. The first-order valence-corrected chi connectivity index (χ1v) is 9.89. The number of hydrogen-bond acceptors (Lipinski definition) is 4. The molecule has 1 aliphatic heterocycles. The molecule has 3 heterocycles. The van der Waals surface area contributed by atoms with Gasteiger partial charge in [0.1, 0.15) is 5.82 Å². The van der Waals surface area contributed by atoms with Crippen LogP contribution in [0.25, 0.3) is 22.2 Å². The smallest absolute Gasteiger partial charge is 0.254 e. The van der Waals surface area contributed by atoms with Crippen LogP contribution in [0.3, 0.4) is 0 Å². The quantitative estimate of drug-likeness (QED) is 0.680. The minimum atomic E-state index is 0.0796. The SMILES string of the molecule is CCc1ncc(-c2cc(C(=O)N3CCC(C)(C)C3)c3cccc(C)c3n2)cn1. The van der Waals surface area contributed by atoms with E-state index in [1.54, 1.807) is 12.4 Å². The molecule has 0 atom stereocenters. The molecule has 28 heavy (non-hydrogen) atoms. The molecule has 0 saturated carbocycles. The summed E-state index contributed by atoms with van der Waals surface area (Å²) < 4.78 is 0. The molecule has 0 bridgehead atoms. The van der Waals surface area contributed by atoms with Crippen molar-refractivity contribution in [2.75, 3.05) is 13.1 Å². The minimum Gasteiger partial charge on any atom is -0.338 e. The van der Waals surface area contributed by atoms with Crippen molar-refractivity contribution in [3.8, 4) is 11.3 Å². The van der Waals surface area contributed by atoms with Gasteiger partial charge in [-0.25, -0.2) is 15.0 Å². The number of likely N-dealkylation sites (tertiary alicyclic amines) is 1. The second kappa shape index (κ2) is 6.97. The maximum Gasteiger partial charge on any atom is 0.254 e. The molecule has 1 saturated heterocycles. The Hall–Kier alpha value is -2.82. The number of aryl methyl sites for hydroxylation is 2. The Morgan fingerprint density at radius 2 is 1.96 bits per heavy atom. The van der Waals surface area contributed by atoms with Gasteiger partial charge in [0.05, 0.1) is 16.8 Å². The van der Waals surface area contributed by atoms with Gasteiger partial charge in [0, 0.05) is 42.9 Å². The number of pyridine rings is 1. The van der Waals surface area contributed by atoms with Gasteiger partial charge in [0.2, 0.25) is 0 Å². The summed E-state index contributed by atoms with van der Waals surface area (Å²) in [6.45, 7) is 10.1. The summed E-state index contributed by atoms with van der Waals surface area (Å²) in [7, 11) is 0. The molecular weight excluding hydrogens is 348 g/mol. The third kappa shape index (κ3) is 3.37. The molecule has 5 heteroatoms. The minimum absolute atomic E-state index is 0.0796. The van der Waals surface area contributed by atoms with Gasteiger partial charge in [-0.15, -0.1) is 0 Å². The lowest BCUT2D eigenvalue weighted by atomic mass is 9.93. The Balaban J connectivity index is 1.84. The van der Waals surface area contributed by atoms with E-state index < -0.39 is 0 Å². The van der Waals surface area contributed by atoms with Crippen molar-refractivity contribution in [2.24, 2.45) is 5.41 Å². The largest absolute Gasteiger partial charge is 0.338 e. The second-order valence-electron chi connectivity index (χ2n) is 8.41. The van der Waals surface area contributed by atoms with Crippen molar-refractivity contribution in [3.63, 3.8) is 0 Å². The normalized spacial score (nSPS) is 15.9. The number of amides is 1. The molecule has 5 nitrogen and oxygen atoms in total. The first-order valence-electron chi connectivity index (χ1n) is 9.89. The Bertz CT molecular complexity index is 1040. The topological polar surface area (TPSA) is 59.0 Å². The van der Waals surface area contributed by atoms with Crippen LogP contribution in [0.5, 0.6) is 0 Å². The molecule has 0 radical (unpaired) electrons. The number of carbonyl (C=O) groups excluding carboxylic acids is 1. The van der Waals surface area contributed by atoms with Gasteiger partial charge in [0.15, 0.2) is 0 Å². The first-order chi connectivity index (χ1) is 13.4. The van der Waals surface area contributed by atoms with Crippen molar-refractivity contribution in [1.29, 1.82) is 0 Å². The zero-order chi connectivity index (χ0) is 19.9. The second-order valence-corrected chi connectivity index (χ2v) is 8.41. The van der Waals surface area contributed by atoms with Gasteiger partial charge in [-0.2, -0.15) is 0 Å². The van der Waals surface area contributed by atoms with Gasteiger partial charge in [-0.1, -0.05) is 39.0 Å². The van der Waals surface area contributed by atoms with Crippen LogP contribution in [0.4, 0.5) is 0 Å². The number of benzene rings is 1. The number of para-hydroxylation sites is 1. The predicted molar refractivity (Wildman–Crippen MR) is 111 cm³/mol. The zero-order valence-electron chi connectivity index (χ0n) is 17.0. The van der Waals surface area contributed by atoms with E-state index in [1.807, 2.05) is 43.0 Å². The molecule has 1 fully saturated rings. The van der Waals surface area contributed by atoms with Gasteiger partial charge in [-0.05, 0) is 30.4 Å². The fourth-order valence-corrected chi connectivity index (χ4v) is 3.84. The summed E-state index contributed by atoms with van der Waals surface area (Å²) in [6, 6.07) is 7.91. The Kier molecular flexibility index (Phi) is 4.61. The van der Waals surface area contributed by atoms with E-state index in [4.69, 9.17) is 4.98 Å². The number of rotatable bonds is 3. The van der Waals surface area contributed by atoms with Crippen LogP contribution in [0, 0.1) is 12.3 Å². The Morgan fingerprint density at radius 3 is 2.61 bits per heavy atom. The van der Waals surface area contributed by atoms with Crippen molar-refractivity contribution < 1.29 is 4.79 Å². The van der Waals surface area contributed by atoms with Crippen LogP contribution in [-0.4, -0.2) is 38.8 Å². The molecule has 4 rings (SSSR count). The maximum atomic E-state index is 13.4. The fraction of sp³-hybridized carbons (Fsp3) is 0.391. The van der Waals surface area contributed by atoms with Crippen LogP contribution >= 0.6 is 0 Å². The summed E-state index contributed by atoms with van der Waals surface area (Å²) in [5.41, 5.74) is 4.37. The van der Waals surface area contributed by atoms with E-state index in [0.717, 1.165) is 59.5 Å². The lowest BCUT2D eigenvalue weighted by molar-refractivity contribution is 0.0780. The molecule has 0 spiro atoms. The zero-order valence-corrected chi connectivity index (χ0v) is 17.0. The molecule has 3 aromatic rings. The van der Waals surface area contributed by atoms with E-state index in [9.17, 15) is 4.79 Å². The summed E-state index contributed by atoms with van der Waals surface area (Å²) in [5.74, 6) is 0.882. The van der Waals surface area contributed by atoms with Crippen molar-refractivity contribution in [3.05, 3.63) is 53.6 Å². The van der Waals surface area contributed by atoms with E-state index >= 15 is 0 Å². The molecule has 1 aromatic carbocycles. The van der Waals surface area contributed by atoms with Crippen LogP contribution in [0.2, 0.25) is 0 Å². The highest BCUT2D eigenvalue weighted by molar-refractivity contribution is 6.07. The predicted octanol–water partition coefficient (Wildman–Crippen LogP) is 4.43. The van der Waals surface area contributed by atoms with Gasteiger partial charge >= 0.3 is 0 Å². The third-order valence-electron chi connectivity index (χ3n) is 5.55. The van der Waals surface area contributed by atoms with E-state index in [-0.39, 0.29) is 11.3 Å². The Labute approximate surface area is 165 Å². The van der Waals surface area contributed by atoms with Crippen LogP contribution in [0.15, 0.2) is 36.7 Å². The average molecular weight is 374 g/mol. The summed E-state index contributed by atoms with van der Waals surface area (Å²) >= 11 is 0. The van der Waals surface area contributed by atoms with E-state index in [1.165, 1.54) is 0 Å². The average Bonchev–Trinajstić information content (AvgIpc) is 3.07. The first kappa shape index (κ1) is 18.5. The highest BCUT2D eigenvalue weighted by Gasteiger charge is 2.33. The molecule has 0 N–H and O–H groups in total. The van der Waals surface area contributed by atoms with Gasteiger partial charge in [-0.3, -0.25) is 4.79 Å². The summed E-state index contributed by atoms with van der Waals surface area (Å²) in [6.07, 6.45) is 5.41. The lowest BCUT2D eigenvalue weighted by Crippen LogP contribution is -2.30. The number of aromatic nitrogens is 3. The van der Waals surface area contributed by atoms with Crippen LogP contribution < -0.4 is 0 Å². The van der Waals surface area contributed by atoms with E-state index in [2.05, 4.69) is 23.8 Å². The summed E-state index contributed by atoms with van der Waals surface area (Å²) in [4.78, 5) is 29.0. The van der Waals surface area contributed by atoms with Gasteiger partial charge in [0.25, 0.3) is 5.91 Å². The molecule has 0 unspecified atom stereocenters. The fourth-order valence-electron chi connectivity index (χ4n) is 3.84. The monoisotopic (exact) mass is 374 g/mol. The van der Waals surface area contributed by atoms with Crippen molar-refractivity contribution in [1.82, 2.24) is 19.9 Å². The van der Waals surface area contributed by atoms with Crippen LogP contribution in [0.1, 0.15) is 48.9 Å². The molecule has 1 aliphatic rings. The number of nitrogens with zero attached hydrogens (tertiary/aromatic N) is 4. The molecule has 0 aliphatic carbocycles. The number of hydrogen-bond donors (Lipinski definition) is 0. The number of fused-ring (bicyclic) bond motifs is 1.